The number of carbonyl (C=O) groups is 1. The summed E-state index contributed by atoms with van der Waals surface area (Å²) in [5.74, 6) is 1.52. The van der Waals surface area contributed by atoms with Crippen LogP contribution in [0.1, 0.15) is 58.6 Å². The minimum atomic E-state index is -0.495. The minimum absolute atomic E-state index is 0.0626. The maximum atomic E-state index is 12.2. The van der Waals surface area contributed by atoms with E-state index < -0.39 is 6.10 Å². The maximum Gasteiger partial charge on any atom is 0.260 e. The summed E-state index contributed by atoms with van der Waals surface area (Å²) < 4.78 is 5.92. The first-order chi connectivity index (χ1) is 9.72. The molecule has 1 aromatic rings. The Morgan fingerprint density at radius 2 is 1.71 bits per heavy atom. The van der Waals surface area contributed by atoms with Crippen LogP contribution < -0.4 is 10.1 Å². The predicted octanol–water partition coefficient (Wildman–Crippen LogP) is 4.05. The van der Waals surface area contributed by atoms with Gasteiger partial charge in [0.1, 0.15) is 5.75 Å². The van der Waals surface area contributed by atoms with Crippen LogP contribution in [0.5, 0.6) is 5.75 Å². The summed E-state index contributed by atoms with van der Waals surface area (Å²) in [6.45, 7) is 14.3. The molecule has 0 aliphatic carbocycles. The highest BCUT2D eigenvalue weighted by atomic mass is 16.5. The lowest BCUT2D eigenvalue weighted by molar-refractivity contribution is -0.128. The van der Waals surface area contributed by atoms with E-state index in [1.165, 1.54) is 0 Å². The van der Waals surface area contributed by atoms with Gasteiger partial charge in [0.05, 0.1) is 0 Å². The van der Waals surface area contributed by atoms with Gasteiger partial charge in [-0.15, -0.1) is 0 Å². The van der Waals surface area contributed by atoms with E-state index in [-0.39, 0.29) is 11.9 Å². The van der Waals surface area contributed by atoms with Gasteiger partial charge in [-0.3, -0.25) is 4.79 Å². The molecule has 0 aliphatic heterocycles. The summed E-state index contributed by atoms with van der Waals surface area (Å²) in [7, 11) is 0. The zero-order valence-corrected chi connectivity index (χ0v) is 14.4. The molecule has 1 amide bonds. The second kappa shape index (κ2) is 7.48. The molecule has 0 bridgehead atoms. The third kappa shape index (κ3) is 5.07. The van der Waals surface area contributed by atoms with Gasteiger partial charge in [0.25, 0.3) is 5.91 Å². The molecule has 3 heteroatoms. The van der Waals surface area contributed by atoms with E-state index in [1.807, 2.05) is 19.9 Å². The minimum Gasteiger partial charge on any atom is -0.481 e. The quantitative estimate of drug-likeness (QED) is 0.858. The average Bonchev–Trinajstić information content (AvgIpc) is 2.37. The molecule has 1 rings (SSSR count). The van der Waals surface area contributed by atoms with Crippen molar-refractivity contribution in [3.05, 3.63) is 29.3 Å². The van der Waals surface area contributed by atoms with E-state index in [4.69, 9.17) is 4.74 Å². The standard InChI is InChI=1S/C18H29NO2/c1-11(2)14(6)19-18(20)15(7)21-17-10-13(5)8-9-16(17)12(3)4/h8-12,14-15H,1-7H3,(H,19,20)/t14-,15+/m0/s1. The highest BCUT2D eigenvalue weighted by Gasteiger charge is 2.20. The van der Waals surface area contributed by atoms with Crippen LogP contribution in [0, 0.1) is 12.8 Å². The molecule has 0 fully saturated rings. The Labute approximate surface area is 129 Å². The first kappa shape index (κ1) is 17.5. The molecule has 2 atom stereocenters. The fraction of sp³-hybridized carbons (Fsp3) is 0.611. The maximum absolute atomic E-state index is 12.2. The molecule has 3 nitrogen and oxygen atoms in total. The van der Waals surface area contributed by atoms with Crippen LogP contribution in [0.2, 0.25) is 0 Å². The number of carbonyl (C=O) groups excluding carboxylic acids is 1. The van der Waals surface area contributed by atoms with Crippen LogP contribution in [-0.4, -0.2) is 18.1 Å². The Kier molecular flexibility index (Phi) is 6.25. The second-order valence-electron chi connectivity index (χ2n) is 6.50. The fourth-order valence-corrected chi connectivity index (χ4v) is 1.97. The van der Waals surface area contributed by atoms with Gasteiger partial charge in [0, 0.05) is 6.04 Å². The van der Waals surface area contributed by atoms with Crippen molar-refractivity contribution in [2.45, 2.75) is 66.5 Å². The molecular weight excluding hydrogens is 262 g/mol. The first-order valence-corrected chi connectivity index (χ1v) is 7.80. The lowest BCUT2D eigenvalue weighted by Crippen LogP contribution is -2.43. The largest absolute Gasteiger partial charge is 0.481 e. The van der Waals surface area contributed by atoms with Gasteiger partial charge in [0.15, 0.2) is 6.10 Å². The van der Waals surface area contributed by atoms with Gasteiger partial charge in [-0.2, -0.15) is 0 Å². The van der Waals surface area contributed by atoms with E-state index in [9.17, 15) is 4.79 Å². The Morgan fingerprint density at radius 3 is 2.24 bits per heavy atom. The lowest BCUT2D eigenvalue weighted by atomic mass is 10.0. The van der Waals surface area contributed by atoms with E-state index in [0.29, 0.717) is 11.8 Å². The van der Waals surface area contributed by atoms with E-state index in [2.05, 4.69) is 45.1 Å². The van der Waals surface area contributed by atoms with Crippen LogP contribution in [0.3, 0.4) is 0 Å². The van der Waals surface area contributed by atoms with E-state index >= 15 is 0 Å². The van der Waals surface area contributed by atoms with Crippen molar-refractivity contribution in [1.82, 2.24) is 5.32 Å². The number of hydrogen-bond donors (Lipinski definition) is 1. The van der Waals surface area contributed by atoms with Crippen molar-refractivity contribution in [2.24, 2.45) is 5.92 Å². The lowest BCUT2D eigenvalue weighted by Gasteiger charge is -2.22. The Bertz CT molecular complexity index is 480. The zero-order chi connectivity index (χ0) is 16.2. The van der Waals surface area contributed by atoms with Crippen molar-refractivity contribution in [2.75, 3.05) is 0 Å². The van der Waals surface area contributed by atoms with Crippen molar-refractivity contribution in [3.63, 3.8) is 0 Å². The van der Waals surface area contributed by atoms with Crippen LogP contribution in [-0.2, 0) is 4.79 Å². The molecule has 0 heterocycles. The van der Waals surface area contributed by atoms with Crippen LogP contribution in [0.4, 0.5) is 0 Å². The molecule has 0 aliphatic rings. The molecule has 0 aromatic heterocycles. The molecule has 0 unspecified atom stereocenters. The molecule has 21 heavy (non-hydrogen) atoms. The SMILES string of the molecule is Cc1ccc(C(C)C)c(O[C@H](C)C(=O)N[C@@H](C)C(C)C)c1. The number of benzene rings is 1. The zero-order valence-electron chi connectivity index (χ0n) is 14.4. The molecule has 1 aromatic carbocycles. The van der Waals surface area contributed by atoms with Gasteiger partial charge in [-0.1, -0.05) is 39.8 Å². The molecule has 1 N–H and O–H groups in total. The topological polar surface area (TPSA) is 38.3 Å². The number of amides is 1. The monoisotopic (exact) mass is 291 g/mol. The number of nitrogens with one attached hydrogen (secondary N) is 1. The summed E-state index contributed by atoms with van der Waals surface area (Å²) in [6.07, 6.45) is -0.495. The number of aryl methyl sites for hydroxylation is 1. The normalized spacial score (nSPS) is 14.1. The molecule has 0 radical (unpaired) electrons. The summed E-state index contributed by atoms with van der Waals surface area (Å²) in [4.78, 5) is 12.2. The highest BCUT2D eigenvalue weighted by molar-refractivity contribution is 5.81. The van der Waals surface area contributed by atoms with Gasteiger partial charge < -0.3 is 10.1 Å². The molecule has 0 saturated heterocycles. The third-order valence-electron chi connectivity index (χ3n) is 3.83. The van der Waals surface area contributed by atoms with E-state index in [0.717, 1.165) is 16.9 Å². The van der Waals surface area contributed by atoms with Crippen LogP contribution >= 0.6 is 0 Å². The predicted molar refractivity (Wildman–Crippen MR) is 87.8 cm³/mol. The Balaban J connectivity index is 2.80. The third-order valence-corrected chi connectivity index (χ3v) is 3.83. The molecular formula is C18H29NO2. The van der Waals surface area contributed by atoms with Gasteiger partial charge in [0.2, 0.25) is 0 Å². The molecule has 118 valence electrons. The smallest absolute Gasteiger partial charge is 0.260 e. The highest BCUT2D eigenvalue weighted by Crippen LogP contribution is 2.28. The fourth-order valence-electron chi connectivity index (χ4n) is 1.97. The molecule has 0 spiro atoms. The van der Waals surface area contributed by atoms with Crippen molar-refractivity contribution in [3.8, 4) is 5.75 Å². The Hall–Kier alpha value is -1.51. The average molecular weight is 291 g/mol. The van der Waals surface area contributed by atoms with Crippen molar-refractivity contribution < 1.29 is 9.53 Å². The first-order valence-electron chi connectivity index (χ1n) is 7.80. The Morgan fingerprint density at radius 1 is 1.10 bits per heavy atom. The summed E-state index contributed by atoms with van der Waals surface area (Å²) in [5.41, 5.74) is 2.27. The van der Waals surface area contributed by atoms with Crippen molar-refractivity contribution in [1.29, 1.82) is 0 Å². The summed E-state index contributed by atoms with van der Waals surface area (Å²) in [6, 6.07) is 6.31. The van der Waals surface area contributed by atoms with Crippen LogP contribution in [0.15, 0.2) is 18.2 Å². The number of rotatable bonds is 6. The van der Waals surface area contributed by atoms with Gasteiger partial charge in [-0.25, -0.2) is 0 Å². The second-order valence-corrected chi connectivity index (χ2v) is 6.50. The summed E-state index contributed by atoms with van der Waals surface area (Å²) >= 11 is 0. The van der Waals surface area contributed by atoms with Crippen LogP contribution in [0.25, 0.3) is 0 Å². The number of ether oxygens (including phenoxy) is 1. The molecule has 0 saturated carbocycles. The van der Waals surface area contributed by atoms with Gasteiger partial charge >= 0.3 is 0 Å². The van der Waals surface area contributed by atoms with Crippen molar-refractivity contribution >= 4 is 5.91 Å². The number of hydrogen-bond acceptors (Lipinski definition) is 2. The summed E-state index contributed by atoms with van der Waals surface area (Å²) in [5, 5.41) is 3.00. The van der Waals surface area contributed by atoms with Gasteiger partial charge in [-0.05, 0) is 49.8 Å². The van der Waals surface area contributed by atoms with E-state index in [1.54, 1.807) is 6.92 Å².